The van der Waals surface area contributed by atoms with Gasteiger partial charge in [-0.2, -0.15) is 13.2 Å². The smallest absolute Gasteiger partial charge is 0.366 e. The van der Waals surface area contributed by atoms with Crippen molar-refractivity contribution >= 4 is 23.6 Å². The molecule has 0 bridgehead atoms. The number of nitrogens with one attached hydrogen (secondary N) is 1. The van der Waals surface area contributed by atoms with Gasteiger partial charge in [-0.25, -0.2) is 8.78 Å². The second-order valence-corrected chi connectivity index (χ2v) is 7.83. The summed E-state index contributed by atoms with van der Waals surface area (Å²) in [7, 11) is 0. The summed E-state index contributed by atoms with van der Waals surface area (Å²) in [6, 6.07) is -0.172. The molecular formula is C21H15F5N4O4. The lowest BCUT2D eigenvalue weighted by atomic mass is 9.86. The molecule has 8 nitrogen and oxygen atoms in total. The Labute approximate surface area is 187 Å². The molecule has 2 aliphatic rings. The third-order valence-electron chi connectivity index (χ3n) is 5.76. The van der Waals surface area contributed by atoms with E-state index in [1.807, 2.05) is 5.32 Å². The Balaban J connectivity index is 1.96. The lowest BCUT2D eigenvalue weighted by molar-refractivity contribution is -0.168. The maximum atomic E-state index is 14.6. The number of imide groups is 1. The van der Waals surface area contributed by atoms with Crippen molar-refractivity contribution in [3.8, 4) is 0 Å². The predicted octanol–water partition coefficient (Wildman–Crippen LogP) is 2.11. The number of nitrogens with two attached hydrogens (primary N) is 1. The second-order valence-electron chi connectivity index (χ2n) is 7.83. The molecule has 2 aromatic rings. The number of carbonyl (C=O) groups excluding carboxylic acids is 4. The van der Waals surface area contributed by atoms with Gasteiger partial charge in [0.25, 0.3) is 5.91 Å². The molecule has 34 heavy (non-hydrogen) atoms. The molecule has 4 rings (SSSR count). The summed E-state index contributed by atoms with van der Waals surface area (Å²) in [6.45, 7) is 0. The number of amides is 4. The molecule has 1 aromatic carbocycles. The Kier molecular flexibility index (Phi) is 5.58. The quantitative estimate of drug-likeness (QED) is 0.511. The fourth-order valence-corrected chi connectivity index (χ4v) is 4.33. The average Bonchev–Trinajstić information content (AvgIpc) is 3.00. The number of hydrogen-bond acceptors (Lipinski definition) is 5. The van der Waals surface area contributed by atoms with E-state index in [0.29, 0.717) is 11.1 Å². The minimum Gasteiger partial charge on any atom is -0.366 e. The van der Waals surface area contributed by atoms with Gasteiger partial charge in [-0.15, -0.1) is 0 Å². The minimum atomic E-state index is -5.24. The molecule has 1 fully saturated rings. The first-order valence-corrected chi connectivity index (χ1v) is 9.88. The van der Waals surface area contributed by atoms with Crippen LogP contribution in [0.3, 0.4) is 0 Å². The molecule has 13 heteroatoms. The van der Waals surface area contributed by atoms with Gasteiger partial charge in [-0.1, -0.05) is 0 Å². The van der Waals surface area contributed by atoms with Gasteiger partial charge >= 0.3 is 6.18 Å². The van der Waals surface area contributed by atoms with Crippen molar-refractivity contribution in [1.29, 1.82) is 0 Å². The highest BCUT2D eigenvalue weighted by molar-refractivity contribution is 6.06. The van der Waals surface area contributed by atoms with E-state index in [1.165, 1.54) is 0 Å². The first kappa shape index (κ1) is 23.3. The summed E-state index contributed by atoms with van der Waals surface area (Å²) in [5.41, 5.74) is 3.21. The number of rotatable bonds is 4. The van der Waals surface area contributed by atoms with Crippen molar-refractivity contribution in [2.75, 3.05) is 0 Å². The number of piperidine rings is 1. The molecule has 1 saturated heterocycles. The van der Waals surface area contributed by atoms with E-state index in [9.17, 15) is 41.1 Å². The summed E-state index contributed by atoms with van der Waals surface area (Å²) < 4.78 is 71.3. The zero-order chi connectivity index (χ0) is 24.9. The number of pyridine rings is 1. The molecule has 0 aliphatic carbocycles. The van der Waals surface area contributed by atoms with E-state index in [4.69, 9.17) is 5.73 Å². The molecule has 1 aromatic heterocycles. The van der Waals surface area contributed by atoms with E-state index < -0.39 is 65.1 Å². The van der Waals surface area contributed by atoms with Crippen molar-refractivity contribution in [2.24, 2.45) is 5.73 Å². The molecule has 3 heterocycles. The van der Waals surface area contributed by atoms with Gasteiger partial charge in [0.1, 0.15) is 23.6 Å². The molecule has 2 unspecified atom stereocenters. The molecule has 3 atom stereocenters. The normalized spacial score (nSPS) is 21.3. The van der Waals surface area contributed by atoms with E-state index in [1.54, 1.807) is 0 Å². The minimum absolute atomic E-state index is 0.217. The summed E-state index contributed by atoms with van der Waals surface area (Å²) in [4.78, 5) is 52.9. The number of nitrogens with zero attached hydrogens (tertiary/aromatic N) is 2. The first-order valence-electron chi connectivity index (χ1n) is 9.88. The average molecular weight is 482 g/mol. The van der Waals surface area contributed by atoms with Crippen LogP contribution in [0.5, 0.6) is 0 Å². The van der Waals surface area contributed by atoms with Crippen LogP contribution in [0.1, 0.15) is 56.8 Å². The number of benzene rings is 1. The van der Waals surface area contributed by atoms with Crippen molar-refractivity contribution in [3.05, 3.63) is 64.5 Å². The highest BCUT2D eigenvalue weighted by Gasteiger charge is 2.57. The van der Waals surface area contributed by atoms with Gasteiger partial charge in [-0.3, -0.25) is 29.5 Å². The van der Waals surface area contributed by atoms with Crippen LogP contribution in [0.2, 0.25) is 0 Å². The maximum Gasteiger partial charge on any atom is 0.399 e. The lowest BCUT2D eigenvalue weighted by Gasteiger charge is -2.38. The number of fused-ring (bicyclic) bond motifs is 1. The molecular weight excluding hydrogens is 467 g/mol. The van der Waals surface area contributed by atoms with Crippen LogP contribution < -0.4 is 11.1 Å². The number of alkyl halides is 3. The molecule has 4 amide bonds. The van der Waals surface area contributed by atoms with Gasteiger partial charge in [0.15, 0.2) is 0 Å². The van der Waals surface area contributed by atoms with E-state index in [-0.39, 0.29) is 35.6 Å². The highest BCUT2D eigenvalue weighted by atomic mass is 19.4. The van der Waals surface area contributed by atoms with Crippen LogP contribution in [-0.4, -0.2) is 45.7 Å². The van der Waals surface area contributed by atoms with Crippen LogP contribution >= 0.6 is 0 Å². The van der Waals surface area contributed by atoms with Crippen molar-refractivity contribution < 1.29 is 41.1 Å². The fraction of sp³-hybridized carbons (Fsp3) is 0.286. The Morgan fingerprint density at radius 2 is 1.88 bits per heavy atom. The summed E-state index contributed by atoms with van der Waals surface area (Å²) in [5, 5.41) is 1.97. The van der Waals surface area contributed by atoms with Gasteiger partial charge in [0.05, 0.1) is 17.9 Å². The number of halogens is 5. The Bertz CT molecular complexity index is 1230. The van der Waals surface area contributed by atoms with Crippen LogP contribution in [0.25, 0.3) is 0 Å². The largest absolute Gasteiger partial charge is 0.399 e. The van der Waals surface area contributed by atoms with Crippen molar-refractivity contribution in [3.63, 3.8) is 0 Å². The zero-order valence-corrected chi connectivity index (χ0v) is 17.0. The molecule has 0 radical (unpaired) electrons. The summed E-state index contributed by atoms with van der Waals surface area (Å²) in [5.74, 6) is -9.35. The van der Waals surface area contributed by atoms with Crippen molar-refractivity contribution in [1.82, 2.24) is 15.2 Å². The standard InChI is InChI=1S/C21H15F5N4O4/c22-9-6-12(23)16(28-7-9)15(21(24,25)26)17-11-5-8(18(27)32)1-2-10(11)20(34)30(17)13-3-4-14(31)29-19(13)33/h1-2,5-7,13,15,17H,3-4H2,(H2,27,32)(H,29,31,33)/t13?,15-,17?/m0/s1. The number of carbonyl (C=O) groups is 4. The monoisotopic (exact) mass is 482 g/mol. The zero-order valence-electron chi connectivity index (χ0n) is 17.0. The molecule has 3 N–H and O–H groups in total. The van der Waals surface area contributed by atoms with Gasteiger partial charge in [0, 0.05) is 23.6 Å². The third kappa shape index (κ3) is 3.86. The summed E-state index contributed by atoms with van der Waals surface area (Å²) >= 11 is 0. The molecule has 0 saturated carbocycles. The van der Waals surface area contributed by atoms with Crippen LogP contribution in [0.15, 0.2) is 30.5 Å². The SMILES string of the molecule is NC(=O)c1ccc2c(c1)C([C@H](c1ncc(F)cc1F)C(F)(F)F)N(C1CCC(=O)NC1=O)C2=O. The van der Waals surface area contributed by atoms with Gasteiger partial charge in [-0.05, 0) is 30.2 Å². The van der Waals surface area contributed by atoms with Crippen LogP contribution in [0.4, 0.5) is 22.0 Å². The van der Waals surface area contributed by atoms with E-state index in [0.717, 1.165) is 18.2 Å². The fourth-order valence-electron chi connectivity index (χ4n) is 4.33. The Hall–Kier alpha value is -3.90. The molecule has 2 aliphatic heterocycles. The summed E-state index contributed by atoms with van der Waals surface area (Å²) in [6.07, 6.45) is -5.38. The van der Waals surface area contributed by atoms with Gasteiger partial charge in [0.2, 0.25) is 17.7 Å². The Morgan fingerprint density at radius 1 is 1.18 bits per heavy atom. The van der Waals surface area contributed by atoms with E-state index in [2.05, 4.69) is 4.98 Å². The first-order chi connectivity index (χ1) is 15.9. The topological polar surface area (TPSA) is 122 Å². The molecule has 178 valence electrons. The third-order valence-corrected chi connectivity index (χ3v) is 5.76. The second kappa shape index (κ2) is 8.15. The number of hydrogen-bond donors (Lipinski definition) is 2. The van der Waals surface area contributed by atoms with Crippen molar-refractivity contribution in [2.45, 2.75) is 37.0 Å². The highest BCUT2D eigenvalue weighted by Crippen LogP contribution is 2.51. The van der Waals surface area contributed by atoms with Gasteiger partial charge < -0.3 is 10.6 Å². The lowest BCUT2D eigenvalue weighted by Crippen LogP contribution is -2.55. The van der Waals surface area contributed by atoms with E-state index >= 15 is 0 Å². The van der Waals surface area contributed by atoms with Crippen LogP contribution in [0, 0.1) is 11.6 Å². The predicted molar refractivity (Wildman–Crippen MR) is 103 cm³/mol. The number of primary amides is 1. The Morgan fingerprint density at radius 3 is 2.47 bits per heavy atom. The molecule has 0 spiro atoms. The number of aromatic nitrogens is 1. The maximum absolute atomic E-state index is 14.6. The van der Waals surface area contributed by atoms with Crippen LogP contribution in [-0.2, 0) is 9.59 Å².